The predicted molar refractivity (Wildman–Crippen MR) is 78.9 cm³/mol. The maximum atomic E-state index is 11.7. The Morgan fingerprint density at radius 3 is 2.84 bits per heavy atom. The van der Waals surface area contributed by atoms with E-state index < -0.39 is 5.97 Å². The largest absolute Gasteiger partial charge is 0.478 e. The van der Waals surface area contributed by atoms with Crippen LogP contribution < -0.4 is 5.32 Å². The monoisotopic (exact) mass is 347 g/mol. The molecule has 0 aliphatic rings. The zero-order chi connectivity index (χ0) is 14.3. The van der Waals surface area contributed by atoms with Gasteiger partial charge in [-0.15, -0.1) is 11.8 Å². The van der Waals surface area contributed by atoms with Crippen molar-refractivity contribution in [3.63, 3.8) is 0 Å². The number of nitrogens with one attached hydrogen (secondary N) is 1. The lowest BCUT2D eigenvalue weighted by molar-refractivity contribution is -0.113. The van der Waals surface area contributed by atoms with Gasteiger partial charge in [-0.25, -0.2) is 4.79 Å². The third kappa shape index (κ3) is 5.63. The third-order valence-corrected chi connectivity index (χ3v) is 3.57. The van der Waals surface area contributed by atoms with E-state index in [4.69, 9.17) is 9.84 Å². The molecule has 19 heavy (non-hydrogen) atoms. The van der Waals surface area contributed by atoms with Gasteiger partial charge in [0.05, 0.1) is 23.6 Å². The van der Waals surface area contributed by atoms with Crippen molar-refractivity contribution >= 4 is 45.3 Å². The van der Waals surface area contributed by atoms with Crippen LogP contribution in [0.3, 0.4) is 0 Å². The standard InChI is InChI=1S/C12H14BrNO4S/c1-18-4-5-19-7-11(15)14-10-6-8(13)2-3-9(10)12(16)17/h2-3,6H,4-5,7H2,1H3,(H,14,15)(H,16,17). The molecule has 5 nitrogen and oxygen atoms in total. The second kappa shape index (κ2) is 8.19. The van der Waals surface area contributed by atoms with Crippen LogP contribution in [0.4, 0.5) is 5.69 Å². The van der Waals surface area contributed by atoms with Crippen LogP contribution >= 0.6 is 27.7 Å². The van der Waals surface area contributed by atoms with Crippen LogP contribution in [-0.2, 0) is 9.53 Å². The maximum absolute atomic E-state index is 11.7. The van der Waals surface area contributed by atoms with Crippen LogP contribution in [0.2, 0.25) is 0 Å². The zero-order valence-electron chi connectivity index (χ0n) is 10.3. The fourth-order valence-electron chi connectivity index (χ4n) is 1.30. The lowest BCUT2D eigenvalue weighted by Crippen LogP contribution is -2.17. The first-order valence-corrected chi connectivity index (χ1v) is 7.38. The number of hydrogen-bond donors (Lipinski definition) is 2. The Kier molecular flexibility index (Phi) is 6.90. The van der Waals surface area contributed by atoms with E-state index in [-0.39, 0.29) is 17.2 Å². The molecule has 0 heterocycles. The van der Waals surface area contributed by atoms with Gasteiger partial charge in [-0.1, -0.05) is 15.9 Å². The Bertz CT molecular complexity index is 467. The molecule has 0 saturated heterocycles. The summed E-state index contributed by atoms with van der Waals surface area (Å²) in [6, 6.07) is 4.63. The molecule has 1 aromatic carbocycles. The van der Waals surface area contributed by atoms with E-state index in [9.17, 15) is 9.59 Å². The SMILES string of the molecule is COCCSCC(=O)Nc1cc(Br)ccc1C(=O)O. The summed E-state index contributed by atoms with van der Waals surface area (Å²) in [5, 5.41) is 11.6. The molecule has 0 radical (unpaired) electrons. The van der Waals surface area contributed by atoms with Gasteiger partial charge in [0, 0.05) is 17.3 Å². The van der Waals surface area contributed by atoms with Crippen molar-refractivity contribution in [2.75, 3.05) is 30.5 Å². The molecule has 0 atom stereocenters. The Balaban J connectivity index is 2.62. The Morgan fingerprint density at radius 1 is 1.47 bits per heavy atom. The molecule has 1 aromatic rings. The Labute approximate surface area is 123 Å². The molecular formula is C12H14BrNO4S. The number of carbonyl (C=O) groups excluding carboxylic acids is 1. The quantitative estimate of drug-likeness (QED) is 0.741. The number of hydrogen-bond acceptors (Lipinski definition) is 4. The zero-order valence-corrected chi connectivity index (χ0v) is 12.7. The van der Waals surface area contributed by atoms with Crippen molar-refractivity contribution in [3.8, 4) is 0 Å². The number of methoxy groups -OCH3 is 1. The molecule has 104 valence electrons. The summed E-state index contributed by atoms with van der Waals surface area (Å²) in [6.07, 6.45) is 0. The smallest absolute Gasteiger partial charge is 0.337 e. The summed E-state index contributed by atoms with van der Waals surface area (Å²) in [6.45, 7) is 0.579. The van der Waals surface area contributed by atoms with Crippen LogP contribution in [0.25, 0.3) is 0 Å². The summed E-state index contributed by atoms with van der Waals surface area (Å²) in [4.78, 5) is 22.7. The minimum absolute atomic E-state index is 0.0680. The van der Waals surface area contributed by atoms with Crippen LogP contribution in [0, 0.1) is 0 Å². The van der Waals surface area contributed by atoms with E-state index in [2.05, 4.69) is 21.2 Å². The van der Waals surface area contributed by atoms with Gasteiger partial charge < -0.3 is 15.2 Å². The average Bonchev–Trinajstić information content (AvgIpc) is 2.34. The fourth-order valence-corrected chi connectivity index (χ4v) is 2.35. The summed E-state index contributed by atoms with van der Waals surface area (Å²) in [5.74, 6) is -0.333. The first-order valence-electron chi connectivity index (χ1n) is 5.44. The van der Waals surface area contributed by atoms with Gasteiger partial charge >= 0.3 is 5.97 Å². The highest BCUT2D eigenvalue weighted by molar-refractivity contribution is 9.10. The van der Waals surface area contributed by atoms with E-state index in [1.807, 2.05) is 0 Å². The molecule has 1 rings (SSSR count). The van der Waals surface area contributed by atoms with Gasteiger partial charge in [0.1, 0.15) is 0 Å². The number of carboxylic acid groups (broad SMARTS) is 1. The van der Waals surface area contributed by atoms with Crippen LogP contribution in [0.5, 0.6) is 0 Å². The van der Waals surface area contributed by atoms with E-state index in [0.717, 1.165) is 0 Å². The van der Waals surface area contributed by atoms with Gasteiger partial charge in [0.15, 0.2) is 0 Å². The molecule has 0 saturated carbocycles. The van der Waals surface area contributed by atoms with Crippen molar-refractivity contribution < 1.29 is 19.4 Å². The Hall–Kier alpha value is -1.05. The van der Waals surface area contributed by atoms with E-state index in [1.54, 1.807) is 19.2 Å². The van der Waals surface area contributed by atoms with Gasteiger partial charge in [0.25, 0.3) is 0 Å². The van der Waals surface area contributed by atoms with Gasteiger partial charge in [0.2, 0.25) is 5.91 Å². The molecule has 0 unspecified atom stereocenters. The molecular weight excluding hydrogens is 334 g/mol. The number of aromatic carboxylic acids is 1. The lowest BCUT2D eigenvalue weighted by Gasteiger charge is -2.09. The van der Waals surface area contributed by atoms with Crippen molar-refractivity contribution in [2.45, 2.75) is 0 Å². The highest BCUT2D eigenvalue weighted by Gasteiger charge is 2.12. The van der Waals surface area contributed by atoms with Gasteiger partial charge in [-0.05, 0) is 18.2 Å². The molecule has 1 amide bonds. The number of rotatable bonds is 7. The average molecular weight is 348 g/mol. The van der Waals surface area contributed by atoms with Crippen molar-refractivity contribution in [3.05, 3.63) is 28.2 Å². The number of benzene rings is 1. The first kappa shape index (κ1) is 16.0. The van der Waals surface area contributed by atoms with Crippen LogP contribution in [-0.4, -0.2) is 42.2 Å². The third-order valence-electron chi connectivity index (χ3n) is 2.15. The summed E-state index contributed by atoms with van der Waals surface area (Å²) in [7, 11) is 1.60. The van der Waals surface area contributed by atoms with E-state index >= 15 is 0 Å². The first-order chi connectivity index (χ1) is 9.04. The number of carboxylic acids is 1. The van der Waals surface area contributed by atoms with Crippen molar-refractivity contribution in [1.82, 2.24) is 0 Å². The summed E-state index contributed by atoms with van der Waals surface area (Å²) in [5.41, 5.74) is 0.359. The minimum atomic E-state index is -1.07. The summed E-state index contributed by atoms with van der Waals surface area (Å²) < 4.78 is 5.58. The van der Waals surface area contributed by atoms with Crippen LogP contribution in [0.1, 0.15) is 10.4 Å². The van der Waals surface area contributed by atoms with Crippen molar-refractivity contribution in [2.24, 2.45) is 0 Å². The van der Waals surface area contributed by atoms with E-state index in [1.165, 1.54) is 17.8 Å². The molecule has 0 aliphatic carbocycles. The molecule has 0 aliphatic heterocycles. The molecule has 0 fully saturated rings. The van der Waals surface area contributed by atoms with E-state index in [0.29, 0.717) is 22.5 Å². The van der Waals surface area contributed by atoms with Gasteiger partial charge in [-0.2, -0.15) is 0 Å². The number of halogens is 1. The molecule has 2 N–H and O–H groups in total. The van der Waals surface area contributed by atoms with Gasteiger partial charge in [-0.3, -0.25) is 4.79 Å². The predicted octanol–water partition coefficient (Wildman–Crippen LogP) is 2.47. The highest BCUT2D eigenvalue weighted by atomic mass is 79.9. The van der Waals surface area contributed by atoms with Crippen molar-refractivity contribution in [1.29, 1.82) is 0 Å². The maximum Gasteiger partial charge on any atom is 0.337 e. The topological polar surface area (TPSA) is 75.6 Å². The lowest BCUT2D eigenvalue weighted by atomic mass is 10.2. The number of anilines is 1. The second-order valence-corrected chi connectivity index (χ2v) is 5.61. The number of carbonyl (C=O) groups is 2. The molecule has 0 aromatic heterocycles. The normalized spacial score (nSPS) is 10.2. The Morgan fingerprint density at radius 2 is 2.21 bits per heavy atom. The second-order valence-electron chi connectivity index (χ2n) is 3.59. The molecule has 7 heteroatoms. The fraction of sp³-hybridized carbons (Fsp3) is 0.333. The number of amides is 1. The van der Waals surface area contributed by atoms with Crippen LogP contribution in [0.15, 0.2) is 22.7 Å². The highest BCUT2D eigenvalue weighted by Crippen LogP contribution is 2.21. The molecule has 0 bridgehead atoms. The number of thioether (sulfide) groups is 1. The summed E-state index contributed by atoms with van der Waals surface area (Å²) >= 11 is 4.67. The minimum Gasteiger partial charge on any atom is -0.478 e. The number of ether oxygens (including phenoxy) is 1. The molecule has 0 spiro atoms.